The van der Waals surface area contributed by atoms with Gasteiger partial charge in [-0.05, 0) is 108 Å². The van der Waals surface area contributed by atoms with Gasteiger partial charge in [-0.2, -0.15) is 0 Å². The lowest BCUT2D eigenvalue weighted by atomic mass is 11.5. The van der Waals surface area contributed by atoms with Crippen LogP contribution >= 0.6 is 0 Å². The summed E-state index contributed by atoms with van der Waals surface area (Å²) in [6, 6.07) is 0. The number of rotatable bonds is 0. The first-order valence-electron chi connectivity index (χ1n) is 12.0. The van der Waals surface area contributed by atoms with E-state index in [-0.39, 0.29) is 9.84 Å². The normalized spacial score (nSPS) is 32.6. The molecule has 192 valence electrons. The van der Waals surface area contributed by atoms with E-state index in [9.17, 15) is 0 Å². The quantitative estimate of drug-likeness (QED) is 0.362. The van der Waals surface area contributed by atoms with Crippen molar-refractivity contribution in [2.24, 2.45) is 0 Å². The number of nitrogens with zero attached hydrogens (tertiary/aromatic N) is 6. The summed E-state index contributed by atoms with van der Waals surface area (Å²) in [6.07, 6.45) is 0. The molecule has 0 aliphatic carbocycles. The molecule has 1 fully saturated rings. The molecule has 16 heteroatoms. The molecular formula is C16H56N8Si8. The highest BCUT2D eigenvalue weighted by Gasteiger charge is 2.53. The van der Waals surface area contributed by atoms with Crippen LogP contribution in [0.1, 0.15) is 0 Å². The molecule has 0 atom stereocenters. The minimum atomic E-state index is -1.84. The molecule has 1 rings (SSSR count). The smallest absolute Gasteiger partial charge is 0.188 e. The second kappa shape index (κ2) is 10.8. The lowest BCUT2D eigenvalue weighted by Gasteiger charge is -2.60. The Labute approximate surface area is 213 Å². The summed E-state index contributed by atoms with van der Waals surface area (Å²) >= 11 is 0. The summed E-state index contributed by atoms with van der Waals surface area (Å²) in [5, 5.41) is 0. The second-order valence-electron chi connectivity index (χ2n) is 12.1. The molecule has 0 aromatic rings. The van der Waals surface area contributed by atoms with E-state index in [0.29, 0.717) is 0 Å². The highest BCUT2D eigenvalue weighted by atomic mass is 28.5. The van der Waals surface area contributed by atoms with Crippen LogP contribution in [-0.4, -0.2) is 139 Å². The molecule has 0 saturated carbocycles. The summed E-state index contributed by atoms with van der Waals surface area (Å²) < 4.78 is 25.0. The summed E-state index contributed by atoms with van der Waals surface area (Å²) in [7, 11) is 4.55. The Hall–Kier alpha value is 1.42. The van der Waals surface area contributed by atoms with Crippen molar-refractivity contribution < 1.29 is 0 Å². The zero-order valence-electron chi connectivity index (χ0n) is 24.3. The third kappa shape index (κ3) is 6.03. The molecule has 1 saturated heterocycles. The Morgan fingerprint density at radius 3 is 0.875 bits per heavy atom. The molecule has 0 radical (unpaired) electrons. The summed E-state index contributed by atoms with van der Waals surface area (Å²) in [5.74, 6) is 0. The Morgan fingerprint density at radius 1 is 0.406 bits per heavy atom. The Bertz CT molecular complexity index is 585. The fraction of sp³-hybridized carbons (Fsp3) is 1.00. The van der Waals surface area contributed by atoms with Crippen molar-refractivity contribution in [1.82, 2.24) is 34.7 Å². The van der Waals surface area contributed by atoms with Crippen molar-refractivity contribution in [3.8, 4) is 0 Å². The zero-order valence-corrected chi connectivity index (χ0v) is 33.5. The van der Waals surface area contributed by atoms with Gasteiger partial charge in [-0.1, -0.05) is 0 Å². The predicted molar refractivity (Wildman–Crippen MR) is 166 cm³/mol. The third-order valence-electron chi connectivity index (χ3n) is 9.38. The van der Waals surface area contributed by atoms with Crippen LogP contribution in [0.25, 0.3) is 0 Å². The molecule has 0 bridgehead atoms. The SMILES string of the molecule is CN1[SiH2]N[SiH2]N[SiH2]N(C)[Si](C)(C)N(C)[Si](C)(C)N(C)[Si](C)(C)N(C)[Si](C)(C)N(C)[Si]1(C)C. The van der Waals surface area contributed by atoms with Crippen molar-refractivity contribution >= 4 is 71.5 Å². The third-order valence-corrected chi connectivity index (χ3v) is 49.7. The molecule has 8 nitrogen and oxygen atoms in total. The van der Waals surface area contributed by atoms with Crippen molar-refractivity contribution in [2.45, 2.75) is 65.5 Å². The van der Waals surface area contributed by atoms with E-state index in [2.05, 4.69) is 142 Å². The average Bonchev–Trinajstić information content (AvgIpc) is 2.69. The van der Waals surface area contributed by atoms with Crippen LogP contribution in [0.2, 0.25) is 65.5 Å². The average molecular weight is 585 g/mol. The maximum Gasteiger partial charge on any atom is 0.188 e. The van der Waals surface area contributed by atoms with Crippen LogP contribution in [-0.2, 0) is 0 Å². The second-order valence-corrected chi connectivity index (χ2v) is 43.9. The Kier molecular flexibility index (Phi) is 10.6. The largest absolute Gasteiger partial charge is 0.346 e. The summed E-state index contributed by atoms with van der Waals surface area (Å²) in [5.41, 5.74) is 0. The van der Waals surface area contributed by atoms with E-state index < -0.39 is 61.7 Å². The molecule has 0 aromatic carbocycles. The van der Waals surface area contributed by atoms with Crippen LogP contribution in [0, 0.1) is 0 Å². The van der Waals surface area contributed by atoms with Gasteiger partial charge in [0.2, 0.25) is 0 Å². The van der Waals surface area contributed by atoms with Gasteiger partial charge in [-0.15, -0.1) is 0 Å². The van der Waals surface area contributed by atoms with Gasteiger partial charge in [0.25, 0.3) is 0 Å². The maximum atomic E-state index is 3.95. The van der Waals surface area contributed by atoms with Crippen LogP contribution in [0.4, 0.5) is 0 Å². The summed E-state index contributed by atoms with van der Waals surface area (Å²) in [6.45, 7) is 25.8. The molecule has 32 heavy (non-hydrogen) atoms. The topological polar surface area (TPSA) is 43.5 Å². The fourth-order valence-corrected chi connectivity index (χ4v) is 46.3. The van der Waals surface area contributed by atoms with Crippen molar-refractivity contribution in [3.05, 3.63) is 0 Å². The first kappa shape index (κ1) is 31.4. The van der Waals surface area contributed by atoms with Crippen LogP contribution in [0.15, 0.2) is 0 Å². The molecule has 1 heterocycles. The monoisotopic (exact) mass is 584 g/mol. The molecule has 2 N–H and O–H groups in total. The molecule has 0 spiro atoms. The van der Waals surface area contributed by atoms with Gasteiger partial charge in [-0.3, -0.25) is 0 Å². The van der Waals surface area contributed by atoms with Gasteiger partial charge in [0.05, 0.1) is 0 Å². The van der Waals surface area contributed by atoms with Gasteiger partial charge in [-0.25, -0.2) is 0 Å². The van der Waals surface area contributed by atoms with E-state index in [1.165, 1.54) is 0 Å². The highest BCUT2D eigenvalue weighted by Crippen LogP contribution is 2.31. The van der Waals surface area contributed by atoms with E-state index in [0.717, 1.165) is 0 Å². The molecular weight excluding hydrogens is 529 g/mol. The summed E-state index contributed by atoms with van der Waals surface area (Å²) in [4.78, 5) is 0. The van der Waals surface area contributed by atoms with Crippen LogP contribution < -0.4 is 9.30 Å². The molecule has 0 unspecified atom stereocenters. The lowest BCUT2D eigenvalue weighted by Crippen LogP contribution is -2.83. The van der Waals surface area contributed by atoms with Crippen molar-refractivity contribution in [2.75, 3.05) is 42.3 Å². The molecule has 0 amide bonds. The van der Waals surface area contributed by atoms with Gasteiger partial charge in [0.1, 0.15) is 0 Å². The predicted octanol–water partition coefficient (Wildman–Crippen LogP) is -0.725. The van der Waals surface area contributed by atoms with Crippen molar-refractivity contribution in [3.63, 3.8) is 0 Å². The van der Waals surface area contributed by atoms with E-state index in [1.807, 2.05) is 0 Å². The number of hydrogen-bond donors (Lipinski definition) is 2. The number of nitrogens with one attached hydrogen (secondary N) is 2. The number of hydrogen-bond acceptors (Lipinski definition) is 8. The van der Waals surface area contributed by atoms with Crippen LogP contribution in [0.5, 0.6) is 0 Å². The first-order chi connectivity index (χ1) is 14.2. The van der Waals surface area contributed by atoms with E-state index in [1.54, 1.807) is 0 Å². The minimum absolute atomic E-state index is 0.382. The zero-order chi connectivity index (χ0) is 25.5. The Balaban J connectivity index is 3.52. The van der Waals surface area contributed by atoms with Gasteiger partial charge >= 0.3 is 0 Å². The fourth-order valence-electron chi connectivity index (χ4n) is 4.79. The van der Waals surface area contributed by atoms with E-state index >= 15 is 0 Å². The molecule has 1 aliphatic rings. The highest BCUT2D eigenvalue weighted by molar-refractivity contribution is 7.00. The maximum absolute atomic E-state index is 3.95. The minimum Gasteiger partial charge on any atom is -0.346 e. The lowest BCUT2D eigenvalue weighted by molar-refractivity contribution is 0.516. The van der Waals surface area contributed by atoms with Gasteiger partial charge < -0.3 is 34.7 Å². The van der Waals surface area contributed by atoms with E-state index in [4.69, 9.17) is 0 Å². The van der Waals surface area contributed by atoms with Gasteiger partial charge in [0.15, 0.2) is 71.5 Å². The Morgan fingerprint density at radius 2 is 0.625 bits per heavy atom. The standard InChI is InChI=1S/C16H56N8Si8/c1-19-26-17-25-18-27-20(2)29(9,10)22(4)31(13,14)24(6)32(15,16)23(5)30(11,12)21(3)28(19,7)8/h17-18H,25-27H2,1-16H3. The van der Waals surface area contributed by atoms with Crippen LogP contribution in [0.3, 0.4) is 0 Å². The first-order valence-corrected chi connectivity index (χ1v) is 30.5. The van der Waals surface area contributed by atoms with Gasteiger partial charge in [0, 0.05) is 0 Å². The molecule has 1 aliphatic heterocycles. The molecule has 0 aromatic heterocycles. The van der Waals surface area contributed by atoms with Crippen molar-refractivity contribution in [1.29, 1.82) is 0 Å².